The lowest BCUT2D eigenvalue weighted by atomic mass is 10.0. The highest BCUT2D eigenvalue weighted by Gasteiger charge is 2.23. The van der Waals surface area contributed by atoms with Crippen LogP contribution in [-0.4, -0.2) is 66.9 Å². The monoisotopic (exact) mass is 326 g/mol. The predicted octanol–water partition coefficient (Wildman–Crippen LogP) is 2.50. The van der Waals surface area contributed by atoms with E-state index in [2.05, 4.69) is 23.8 Å². The van der Waals surface area contributed by atoms with Gasteiger partial charge in [0.1, 0.15) is 18.5 Å². The van der Waals surface area contributed by atoms with Crippen molar-refractivity contribution in [2.45, 2.75) is 31.9 Å². The van der Waals surface area contributed by atoms with Crippen LogP contribution in [0.2, 0.25) is 5.02 Å². The minimum absolute atomic E-state index is 0.305. The smallest absolute Gasteiger partial charge is 0.119 e. The average Bonchev–Trinajstić information content (AvgIpc) is 2.54. The van der Waals surface area contributed by atoms with Gasteiger partial charge >= 0.3 is 0 Å². The van der Waals surface area contributed by atoms with E-state index in [1.54, 1.807) is 12.1 Å². The third kappa shape index (κ3) is 5.43. The van der Waals surface area contributed by atoms with Crippen molar-refractivity contribution in [1.82, 2.24) is 9.80 Å². The average molecular weight is 327 g/mol. The number of rotatable bonds is 7. The number of aliphatic hydroxyl groups excluding tert-OH is 1. The van der Waals surface area contributed by atoms with Gasteiger partial charge in [0.05, 0.1) is 0 Å². The van der Waals surface area contributed by atoms with E-state index in [4.69, 9.17) is 16.3 Å². The maximum absolute atomic E-state index is 10.2. The van der Waals surface area contributed by atoms with Gasteiger partial charge in [0.15, 0.2) is 0 Å². The minimum Gasteiger partial charge on any atom is -0.491 e. The Balaban J connectivity index is 1.70. The molecule has 2 rings (SSSR count). The van der Waals surface area contributed by atoms with Crippen LogP contribution in [0, 0.1) is 0 Å². The molecule has 124 valence electrons. The van der Waals surface area contributed by atoms with Crippen molar-refractivity contribution < 1.29 is 9.84 Å². The van der Waals surface area contributed by atoms with E-state index >= 15 is 0 Å². The summed E-state index contributed by atoms with van der Waals surface area (Å²) >= 11 is 5.83. The molecule has 1 atom stereocenters. The van der Waals surface area contributed by atoms with Crippen molar-refractivity contribution in [2.75, 3.05) is 39.8 Å². The van der Waals surface area contributed by atoms with E-state index in [9.17, 15) is 5.11 Å². The van der Waals surface area contributed by atoms with Gasteiger partial charge in [0.25, 0.3) is 0 Å². The van der Waals surface area contributed by atoms with Crippen LogP contribution in [0.25, 0.3) is 0 Å². The Morgan fingerprint density at radius 2 is 1.95 bits per heavy atom. The number of likely N-dealkylation sites (tertiary alicyclic amines) is 1. The summed E-state index contributed by atoms with van der Waals surface area (Å²) in [5.74, 6) is 0.738. The zero-order valence-corrected chi connectivity index (χ0v) is 14.3. The molecule has 1 aromatic carbocycles. The van der Waals surface area contributed by atoms with E-state index in [0.29, 0.717) is 24.2 Å². The molecule has 0 bridgehead atoms. The van der Waals surface area contributed by atoms with Crippen molar-refractivity contribution in [3.8, 4) is 5.75 Å². The van der Waals surface area contributed by atoms with Gasteiger partial charge in [-0.3, -0.25) is 0 Å². The van der Waals surface area contributed by atoms with Crippen molar-refractivity contribution in [3.63, 3.8) is 0 Å². The summed E-state index contributed by atoms with van der Waals surface area (Å²) in [4.78, 5) is 4.74. The number of piperidine rings is 1. The maximum atomic E-state index is 10.2. The van der Waals surface area contributed by atoms with E-state index in [0.717, 1.165) is 25.4 Å². The molecule has 0 amide bonds. The van der Waals surface area contributed by atoms with Crippen LogP contribution in [0.4, 0.5) is 0 Å². The largest absolute Gasteiger partial charge is 0.491 e. The summed E-state index contributed by atoms with van der Waals surface area (Å²) in [6, 6.07) is 7.78. The molecule has 1 heterocycles. The number of hydrogen-bond acceptors (Lipinski definition) is 4. The van der Waals surface area contributed by atoms with Crippen LogP contribution >= 0.6 is 11.6 Å². The zero-order chi connectivity index (χ0) is 15.9. The van der Waals surface area contributed by atoms with Gasteiger partial charge in [-0.1, -0.05) is 18.5 Å². The van der Waals surface area contributed by atoms with Gasteiger partial charge in [-0.2, -0.15) is 0 Å². The summed E-state index contributed by atoms with van der Waals surface area (Å²) in [7, 11) is 2.10. The molecule has 22 heavy (non-hydrogen) atoms. The lowest BCUT2D eigenvalue weighted by Gasteiger charge is -2.37. The molecule has 1 unspecified atom stereocenters. The van der Waals surface area contributed by atoms with Gasteiger partial charge in [-0.15, -0.1) is 0 Å². The van der Waals surface area contributed by atoms with Crippen molar-refractivity contribution in [3.05, 3.63) is 29.3 Å². The molecular formula is C17H27ClN2O2. The number of likely N-dealkylation sites (N-methyl/N-ethyl adjacent to an activating group) is 1. The van der Waals surface area contributed by atoms with Gasteiger partial charge in [0, 0.05) is 17.6 Å². The molecule has 1 aliphatic rings. The molecule has 1 aliphatic heterocycles. The number of halogens is 1. The number of benzene rings is 1. The van der Waals surface area contributed by atoms with E-state index in [1.807, 2.05) is 12.1 Å². The molecule has 0 aliphatic carbocycles. The molecule has 0 saturated carbocycles. The zero-order valence-electron chi connectivity index (χ0n) is 13.5. The van der Waals surface area contributed by atoms with Crippen molar-refractivity contribution in [1.29, 1.82) is 0 Å². The lowest BCUT2D eigenvalue weighted by Crippen LogP contribution is -2.46. The molecule has 0 spiro atoms. The molecular weight excluding hydrogens is 300 g/mol. The first-order valence-corrected chi connectivity index (χ1v) is 8.45. The molecule has 5 heteroatoms. The first-order valence-electron chi connectivity index (χ1n) is 8.07. The summed E-state index contributed by atoms with van der Waals surface area (Å²) < 4.78 is 5.60. The number of hydrogen-bond donors (Lipinski definition) is 1. The first kappa shape index (κ1) is 17.5. The van der Waals surface area contributed by atoms with Gasteiger partial charge in [-0.05, 0) is 63.8 Å². The van der Waals surface area contributed by atoms with E-state index in [1.165, 1.54) is 12.8 Å². The third-order valence-electron chi connectivity index (χ3n) is 4.38. The minimum atomic E-state index is -0.482. The van der Waals surface area contributed by atoms with Crippen LogP contribution in [-0.2, 0) is 0 Å². The van der Waals surface area contributed by atoms with E-state index < -0.39 is 6.10 Å². The molecule has 0 aromatic heterocycles. The van der Waals surface area contributed by atoms with Crippen molar-refractivity contribution in [2.24, 2.45) is 0 Å². The Kier molecular flexibility index (Phi) is 6.96. The fourth-order valence-electron chi connectivity index (χ4n) is 2.93. The number of ether oxygens (including phenoxy) is 1. The van der Waals surface area contributed by atoms with Crippen LogP contribution in [0.15, 0.2) is 24.3 Å². The Hall–Kier alpha value is -0.810. The molecule has 4 nitrogen and oxygen atoms in total. The molecule has 0 radical (unpaired) electrons. The Labute approximate surface area is 138 Å². The highest BCUT2D eigenvalue weighted by molar-refractivity contribution is 6.30. The second kappa shape index (κ2) is 8.73. The Bertz CT molecular complexity index is 433. The topological polar surface area (TPSA) is 35.9 Å². The highest BCUT2D eigenvalue weighted by Crippen LogP contribution is 2.17. The maximum Gasteiger partial charge on any atom is 0.119 e. The van der Waals surface area contributed by atoms with Gasteiger partial charge in [0.2, 0.25) is 0 Å². The molecule has 1 aromatic rings. The fourth-order valence-corrected chi connectivity index (χ4v) is 3.06. The van der Waals surface area contributed by atoms with Crippen LogP contribution in [0.5, 0.6) is 5.75 Å². The third-order valence-corrected chi connectivity index (χ3v) is 4.63. The second-order valence-electron chi connectivity index (χ2n) is 6.02. The van der Waals surface area contributed by atoms with Crippen LogP contribution < -0.4 is 4.74 Å². The predicted molar refractivity (Wildman–Crippen MR) is 90.7 cm³/mol. The van der Waals surface area contributed by atoms with Crippen molar-refractivity contribution >= 4 is 11.6 Å². The van der Waals surface area contributed by atoms with E-state index in [-0.39, 0.29) is 0 Å². The van der Waals surface area contributed by atoms with Gasteiger partial charge in [-0.25, -0.2) is 0 Å². The summed E-state index contributed by atoms with van der Waals surface area (Å²) in [6.45, 7) is 6.60. The summed E-state index contributed by atoms with van der Waals surface area (Å²) in [5, 5.41) is 10.8. The quantitative estimate of drug-likeness (QED) is 0.835. The molecule has 1 saturated heterocycles. The summed E-state index contributed by atoms with van der Waals surface area (Å²) in [6.07, 6.45) is 1.87. The standard InChI is InChI=1S/C17H27ClN2O2/c1-3-20-10-8-15(9-11-20)19(2)12-16(21)13-22-17-6-4-14(18)5-7-17/h4-7,15-16,21H,3,8-13H2,1-2H3. The summed E-state index contributed by atoms with van der Waals surface area (Å²) in [5.41, 5.74) is 0. The SMILES string of the molecule is CCN1CCC(N(C)CC(O)COc2ccc(Cl)cc2)CC1. The Morgan fingerprint density at radius 3 is 2.55 bits per heavy atom. The Morgan fingerprint density at radius 1 is 1.32 bits per heavy atom. The van der Waals surface area contributed by atoms with Crippen LogP contribution in [0.3, 0.4) is 0 Å². The molecule has 1 fully saturated rings. The number of aliphatic hydroxyl groups is 1. The van der Waals surface area contributed by atoms with Gasteiger partial charge < -0.3 is 19.6 Å². The lowest BCUT2D eigenvalue weighted by molar-refractivity contribution is 0.0478. The molecule has 1 N–H and O–H groups in total. The van der Waals surface area contributed by atoms with Crippen LogP contribution in [0.1, 0.15) is 19.8 Å². The second-order valence-corrected chi connectivity index (χ2v) is 6.46. The number of nitrogens with zero attached hydrogens (tertiary/aromatic N) is 2. The highest BCUT2D eigenvalue weighted by atomic mass is 35.5. The first-order chi connectivity index (χ1) is 10.6. The normalized spacial score (nSPS) is 18.6. The fraction of sp³-hybridized carbons (Fsp3) is 0.647.